The van der Waals surface area contributed by atoms with Crippen LogP contribution in [0.15, 0.2) is 42.5 Å². The lowest BCUT2D eigenvalue weighted by Crippen LogP contribution is -2.40. The summed E-state index contributed by atoms with van der Waals surface area (Å²) in [6.07, 6.45) is -0.291. The fourth-order valence-corrected chi connectivity index (χ4v) is 6.94. The van der Waals surface area contributed by atoms with Crippen LogP contribution in [0.3, 0.4) is 0 Å². The predicted octanol–water partition coefficient (Wildman–Crippen LogP) is 2.74. The molecule has 1 saturated carbocycles. The highest BCUT2D eigenvalue weighted by Gasteiger charge is 2.59. The van der Waals surface area contributed by atoms with Crippen LogP contribution in [0, 0.1) is 5.92 Å². The van der Waals surface area contributed by atoms with E-state index in [1.54, 1.807) is 18.2 Å². The van der Waals surface area contributed by atoms with Crippen molar-refractivity contribution in [3.63, 3.8) is 0 Å². The quantitative estimate of drug-likeness (QED) is 0.668. The first-order valence-electron chi connectivity index (χ1n) is 10.3. The molecule has 0 aromatic heterocycles. The molecule has 1 aliphatic carbocycles. The fraction of sp³-hybridized carbons (Fsp3) is 0.429. The van der Waals surface area contributed by atoms with Crippen LogP contribution < -0.4 is 13.5 Å². The summed E-state index contributed by atoms with van der Waals surface area (Å²) in [5.41, 5.74) is 3.39. The molecule has 2 aliphatic heterocycles. The molecule has 2 fully saturated rings. The van der Waals surface area contributed by atoms with Gasteiger partial charge in [-0.05, 0) is 35.4 Å². The Bertz CT molecular complexity index is 1280. The second-order valence-corrected chi connectivity index (χ2v) is 12.7. The van der Waals surface area contributed by atoms with Crippen LogP contribution >= 0.6 is 0 Å². The normalized spacial score (nSPS) is 25.0. The number of hydrogen-bond acceptors (Lipinski definition) is 5. The van der Waals surface area contributed by atoms with Gasteiger partial charge in [-0.1, -0.05) is 18.2 Å². The molecule has 2 aromatic rings. The smallest absolute Gasteiger partial charge is 0.326 e. The maximum absolute atomic E-state index is 13.4. The van der Waals surface area contributed by atoms with Gasteiger partial charge in [-0.15, -0.1) is 0 Å². The van der Waals surface area contributed by atoms with Gasteiger partial charge in [0.05, 0.1) is 22.9 Å². The van der Waals surface area contributed by atoms with Gasteiger partial charge in [0.2, 0.25) is 0 Å². The van der Waals surface area contributed by atoms with Crippen molar-refractivity contribution in [3.8, 4) is 11.1 Å². The van der Waals surface area contributed by atoms with Crippen LogP contribution in [-0.2, 0) is 20.0 Å². The van der Waals surface area contributed by atoms with Gasteiger partial charge in [0.1, 0.15) is 0 Å². The van der Waals surface area contributed by atoms with Gasteiger partial charge < -0.3 is 4.90 Å². The van der Waals surface area contributed by atoms with E-state index in [1.165, 1.54) is 7.05 Å². The van der Waals surface area contributed by atoms with Crippen LogP contribution in [0.5, 0.6) is 0 Å². The van der Waals surface area contributed by atoms with Crippen molar-refractivity contribution in [2.45, 2.75) is 12.3 Å². The lowest BCUT2D eigenvalue weighted by Gasteiger charge is -2.29. The topological polar surface area (TPSA) is 78.0 Å². The highest BCUT2D eigenvalue weighted by Crippen LogP contribution is 2.51. The maximum Gasteiger partial charge on any atom is 0.326 e. The molecule has 0 bridgehead atoms. The Morgan fingerprint density at radius 2 is 1.62 bits per heavy atom. The number of fused-ring (bicyclic) bond motifs is 1. The molecule has 2 heterocycles. The molecular formula is C21H23F2N3O4S2. The van der Waals surface area contributed by atoms with E-state index in [0.717, 1.165) is 25.4 Å². The highest BCUT2D eigenvalue weighted by atomic mass is 32.2. The third-order valence-corrected chi connectivity index (χ3v) is 9.84. The average molecular weight is 484 g/mol. The largest absolute Gasteiger partial charge is 0.369 e. The summed E-state index contributed by atoms with van der Waals surface area (Å²) in [5, 5.41) is 0. The van der Waals surface area contributed by atoms with E-state index in [9.17, 15) is 25.6 Å². The van der Waals surface area contributed by atoms with E-state index in [-0.39, 0.29) is 24.5 Å². The summed E-state index contributed by atoms with van der Waals surface area (Å²) >= 11 is 0. The van der Waals surface area contributed by atoms with Crippen molar-refractivity contribution in [2.24, 2.45) is 5.92 Å². The zero-order valence-corrected chi connectivity index (χ0v) is 19.0. The minimum Gasteiger partial charge on any atom is -0.369 e. The van der Waals surface area contributed by atoms with Gasteiger partial charge in [-0.2, -0.15) is 8.42 Å². The van der Waals surface area contributed by atoms with Crippen molar-refractivity contribution in [1.82, 2.24) is 0 Å². The van der Waals surface area contributed by atoms with Crippen LogP contribution in [0.1, 0.15) is 6.42 Å². The van der Waals surface area contributed by atoms with Gasteiger partial charge in [-0.3, -0.25) is 8.61 Å². The zero-order valence-electron chi connectivity index (χ0n) is 17.4. The van der Waals surface area contributed by atoms with Crippen LogP contribution in [0.2, 0.25) is 0 Å². The molecule has 32 heavy (non-hydrogen) atoms. The summed E-state index contributed by atoms with van der Waals surface area (Å²) < 4.78 is 78.1. The van der Waals surface area contributed by atoms with E-state index in [1.807, 2.05) is 29.2 Å². The molecule has 1 atom stereocenters. The molecule has 2 aromatic carbocycles. The van der Waals surface area contributed by atoms with Gasteiger partial charge in [0.15, 0.2) is 9.84 Å². The Morgan fingerprint density at radius 1 is 0.969 bits per heavy atom. The van der Waals surface area contributed by atoms with Crippen LogP contribution in [0.4, 0.5) is 25.8 Å². The Kier molecular flexibility index (Phi) is 4.72. The first-order chi connectivity index (χ1) is 15.0. The van der Waals surface area contributed by atoms with Gasteiger partial charge >= 0.3 is 10.2 Å². The first-order valence-corrected chi connectivity index (χ1v) is 13.5. The summed E-state index contributed by atoms with van der Waals surface area (Å²) in [7, 11) is -5.46. The SMILES string of the molecule is CN1c2cc(-c3cccc(N4CCS(=O)(=O)CC4)c3)ccc2N(CC2CC2(F)F)S1(=O)=O. The molecule has 0 spiro atoms. The zero-order chi connectivity index (χ0) is 22.9. The standard InChI is InChI=1S/C21H23F2N3O4S2/c1-24-20-12-16(5-6-19(20)26(32(24,29)30)14-17-13-21(17,22)23)15-3-2-4-18(11-15)25-7-9-31(27,28)10-8-25/h2-6,11-12,17H,7-10,13-14H2,1H3. The molecule has 7 nitrogen and oxygen atoms in total. The minimum atomic E-state index is -3.90. The fourth-order valence-electron chi connectivity index (χ4n) is 4.28. The molecule has 5 rings (SSSR count). The number of alkyl halides is 2. The summed E-state index contributed by atoms with van der Waals surface area (Å²) in [6, 6.07) is 12.8. The monoisotopic (exact) mass is 483 g/mol. The third-order valence-electron chi connectivity index (χ3n) is 6.44. The van der Waals surface area contributed by atoms with E-state index >= 15 is 0 Å². The Balaban J connectivity index is 1.44. The Hall–Kier alpha value is -2.40. The van der Waals surface area contributed by atoms with Crippen LogP contribution in [-0.4, -0.2) is 60.9 Å². The van der Waals surface area contributed by atoms with Gasteiger partial charge in [0.25, 0.3) is 5.92 Å². The maximum atomic E-state index is 13.4. The molecule has 172 valence electrons. The number of rotatable bonds is 4. The second kappa shape index (κ2) is 7.05. The van der Waals surface area contributed by atoms with E-state index in [4.69, 9.17) is 0 Å². The van der Waals surface area contributed by atoms with Crippen molar-refractivity contribution in [1.29, 1.82) is 0 Å². The van der Waals surface area contributed by atoms with E-state index < -0.39 is 31.9 Å². The third kappa shape index (κ3) is 3.61. The summed E-state index contributed by atoms with van der Waals surface area (Å²) in [5.74, 6) is -3.52. The molecule has 1 unspecified atom stereocenters. The van der Waals surface area contributed by atoms with Crippen molar-refractivity contribution < 1.29 is 25.6 Å². The number of anilines is 3. The Labute approximate surface area is 186 Å². The summed E-state index contributed by atoms with van der Waals surface area (Å²) in [4.78, 5) is 2.02. The minimum absolute atomic E-state index is 0.120. The number of nitrogens with zero attached hydrogens (tertiary/aromatic N) is 3. The van der Waals surface area contributed by atoms with E-state index in [0.29, 0.717) is 24.5 Å². The molecule has 1 saturated heterocycles. The number of benzene rings is 2. The summed E-state index contributed by atoms with van der Waals surface area (Å²) in [6.45, 7) is 0.620. The lowest BCUT2D eigenvalue weighted by molar-refractivity contribution is 0.101. The van der Waals surface area contributed by atoms with Crippen LogP contribution in [0.25, 0.3) is 11.1 Å². The number of sulfone groups is 1. The van der Waals surface area contributed by atoms with Gasteiger partial charge in [-0.25, -0.2) is 17.2 Å². The molecule has 0 N–H and O–H groups in total. The highest BCUT2D eigenvalue weighted by molar-refractivity contribution is 7.94. The van der Waals surface area contributed by atoms with Crippen molar-refractivity contribution in [3.05, 3.63) is 42.5 Å². The lowest BCUT2D eigenvalue weighted by atomic mass is 10.0. The Morgan fingerprint density at radius 3 is 2.28 bits per heavy atom. The van der Waals surface area contributed by atoms with Gasteiger partial charge in [0, 0.05) is 44.7 Å². The average Bonchev–Trinajstić information content (AvgIpc) is 3.31. The van der Waals surface area contributed by atoms with Crippen molar-refractivity contribution in [2.75, 3.05) is 51.7 Å². The molecule has 0 amide bonds. The van der Waals surface area contributed by atoms with Crippen molar-refractivity contribution >= 4 is 37.1 Å². The number of halogens is 2. The second-order valence-electron chi connectivity index (χ2n) is 8.56. The number of hydrogen-bond donors (Lipinski definition) is 0. The molecule has 0 radical (unpaired) electrons. The predicted molar refractivity (Wildman–Crippen MR) is 120 cm³/mol. The van der Waals surface area contributed by atoms with E-state index in [2.05, 4.69) is 0 Å². The molecule has 11 heteroatoms. The first kappa shape index (κ1) is 21.4. The molecule has 3 aliphatic rings. The molecular weight excluding hydrogens is 460 g/mol.